The van der Waals surface area contributed by atoms with E-state index in [2.05, 4.69) is 20.7 Å². The average molecular weight is 284 g/mol. The monoisotopic (exact) mass is 283 g/mol. The van der Waals surface area contributed by atoms with E-state index in [0.29, 0.717) is 17.6 Å². The maximum Gasteiger partial charge on any atom is 0.212 e. The van der Waals surface area contributed by atoms with Crippen LogP contribution in [-0.4, -0.2) is 25.5 Å². The summed E-state index contributed by atoms with van der Waals surface area (Å²) in [6.07, 6.45) is 2.15. The van der Waals surface area contributed by atoms with Crippen LogP contribution >= 0.6 is 15.9 Å². The Morgan fingerprint density at radius 1 is 1.43 bits per heavy atom. The lowest BCUT2D eigenvalue weighted by Crippen LogP contribution is -2.39. The largest absolute Gasteiger partial charge is 0.212 e. The molecule has 0 spiro atoms. The number of alkyl halides is 1. The van der Waals surface area contributed by atoms with E-state index in [0.717, 1.165) is 18.2 Å². The molecule has 1 aliphatic rings. The van der Waals surface area contributed by atoms with Gasteiger partial charge in [-0.25, -0.2) is 13.1 Å². The zero-order valence-corrected chi connectivity index (χ0v) is 11.1. The molecule has 5 heteroatoms. The van der Waals surface area contributed by atoms with Gasteiger partial charge in [-0.05, 0) is 31.6 Å². The van der Waals surface area contributed by atoms with Crippen LogP contribution in [-0.2, 0) is 10.0 Å². The SMILES string of the molecule is CC(CBr)C(C)NS(=O)(=O)CC1CC1. The van der Waals surface area contributed by atoms with E-state index in [4.69, 9.17) is 0 Å². The summed E-state index contributed by atoms with van der Waals surface area (Å²) in [6, 6.07) is 0.0122. The maximum absolute atomic E-state index is 11.6. The molecule has 1 saturated carbocycles. The predicted molar refractivity (Wildman–Crippen MR) is 62.1 cm³/mol. The van der Waals surface area contributed by atoms with Crippen molar-refractivity contribution < 1.29 is 8.42 Å². The average Bonchev–Trinajstić information content (AvgIpc) is 2.84. The second-order valence-corrected chi connectivity index (χ2v) is 6.71. The van der Waals surface area contributed by atoms with Gasteiger partial charge in [0.15, 0.2) is 0 Å². The third-order valence-corrected chi connectivity index (χ3v) is 5.28. The Morgan fingerprint density at radius 3 is 2.43 bits per heavy atom. The molecule has 1 N–H and O–H groups in total. The summed E-state index contributed by atoms with van der Waals surface area (Å²) in [4.78, 5) is 0. The van der Waals surface area contributed by atoms with Gasteiger partial charge >= 0.3 is 0 Å². The third kappa shape index (κ3) is 4.28. The van der Waals surface area contributed by atoms with Crippen molar-refractivity contribution >= 4 is 26.0 Å². The van der Waals surface area contributed by atoms with Gasteiger partial charge in [0.1, 0.15) is 0 Å². The molecule has 1 rings (SSSR count). The Kier molecular flexibility index (Phi) is 4.40. The zero-order chi connectivity index (χ0) is 10.8. The van der Waals surface area contributed by atoms with E-state index < -0.39 is 10.0 Å². The molecule has 0 aromatic carbocycles. The molecule has 0 radical (unpaired) electrons. The molecule has 1 aliphatic carbocycles. The van der Waals surface area contributed by atoms with Crippen LogP contribution in [0.1, 0.15) is 26.7 Å². The summed E-state index contributed by atoms with van der Waals surface area (Å²) >= 11 is 3.35. The fraction of sp³-hybridized carbons (Fsp3) is 1.00. The molecule has 3 nitrogen and oxygen atoms in total. The van der Waals surface area contributed by atoms with Crippen molar-refractivity contribution in [3.63, 3.8) is 0 Å². The van der Waals surface area contributed by atoms with E-state index >= 15 is 0 Å². The Morgan fingerprint density at radius 2 is 2.00 bits per heavy atom. The van der Waals surface area contributed by atoms with Gasteiger partial charge in [0.05, 0.1) is 5.75 Å². The molecular formula is C9H18BrNO2S. The van der Waals surface area contributed by atoms with Crippen LogP contribution in [0.25, 0.3) is 0 Å². The second kappa shape index (κ2) is 4.94. The molecule has 2 atom stereocenters. The van der Waals surface area contributed by atoms with Gasteiger partial charge in [-0.2, -0.15) is 0 Å². The molecular weight excluding hydrogens is 266 g/mol. The summed E-state index contributed by atoms with van der Waals surface area (Å²) in [5.74, 6) is 1.05. The molecule has 0 aromatic rings. The molecule has 2 unspecified atom stereocenters. The number of rotatable bonds is 6. The molecule has 0 bridgehead atoms. The lowest BCUT2D eigenvalue weighted by Gasteiger charge is -2.19. The molecule has 0 heterocycles. The van der Waals surface area contributed by atoms with Crippen LogP contribution in [0, 0.1) is 11.8 Å². The van der Waals surface area contributed by atoms with E-state index in [1.165, 1.54) is 0 Å². The normalized spacial score (nSPS) is 21.9. The standard InChI is InChI=1S/C9H18BrNO2S/c1-7(5-10)8(2)11-14(12,13)6-9-3-4-9/h7-9,11H,3-6H2,1-2H3. The van der Waals surface area contributed by atoms with Crippen LogP contribution in [0.5, 0.6) is 0 Å². The highest BCUT2D eigenvalue weighted by molar-refractivity contribution is 9.09. The number of hydrogen-bond donors (Lipinski definition) is 1. The van der Waals surface area contributed by atoms with Crippen molar-refractivity contribution in [1.29, 1.82) is 0 Å². The van der Waals surface area contributed by atoms with Crippen LogP contribution in [0.2, 0.25) is 0 Å². The van der Waals surface area contributed by atoms with Crippen LogP contribution < -0.4 is 4.72 Å². The fourth-order valence-corrected chi connectivity index (χ4v) is 3.59. The molecule has 0 saturated heterocycles. The lowest BCUT2D eigenvalue weighted by molar-refractivity contribution is 0.483. The van der Waals surface area contributed by atoms with Crippen molar-refractivity contribution in [2.75, 3.05) is 11.1 Å². The van der Waals surface area contributed by atoms with Crippen molar-refractivity contribution in [3.8, 4) is 0 Å². The number of halogens is 1. The summed E-state index contributed by atoms with van der Waals surface area (Å²) in [7, 11) is -3.04. The highest BCUT2D eigenvalue weighted by Gasteiger charge is 2.29. The topological polar surface area (TPSA) is 46.2 Å². The van der Waals surface area contributed by atoms with E-state index in [9.17, 15) is 8.42 Å². The number of sulfonamides is 1. The summed E-state index contributed by atoms with van der Waals surface area (Å²) in [6.45, 7) is 3.94. The van der Waals surface area contributed by atoms with E-state index in [-0.39, 0.29) is 6.04 Å². The Hall–Kier alpha value is 0.390. The first-order valence-electron chi connectivity index (χ1n) is 5.00. The molecule has 84 valence electrons. The van der Waals surface area contributed by atoms with Crippen molar-refractivity contribution in [3.05, 3.63) is 0 Å². The quantitative estimate of drug-likeness (QED) is 0.755. The minimum absolute atomic E-state index is 0.0122. The number of hydrogen-bond acceptors (Lipinski definition) is 2. The molecule has 0 aromatic heterocycles. The molecule has 0 amide bonds. The summed E-state index contributed by atoms with van der Waals surface area (Å²) < 4.78 is 25.9. The van der Waals surface area contributed by atoms with Crippen LogP contribution in [0.4, 0.5) is 0 Å². The molecule has 1 fully saturated rings. The maximum atomic E-state index is 11.6. The Labute approximate surface area is 94.8 Å². The van der Waals surface area contributed by atoms with Gasteiger partial charge in [0.25, 0.3) is 0 Å². The second-order valence-electron chi connectivity index (χ2n) is 4.26. The van der Waals surface area contributed by atoms with Gasteiger partial charge in [-0.3, -0.25) is 0 Å². The fourth-order valence-electron chi connectivity index (χ4n) is 1.18. The predicted octanol–water partition coefficient (Wildman–Crippen LogP) is 1.74. The Bertz CT molecular complexity index is 275. The van der Waals surface area contributed by atoms with Gasteiger partial charge < -0.3 is 0 Å². The van der Waals surface area contributed by atoms with Crippen LogP contribution in [0.3, 0.4) is 0 Å². The van der Waals surface area contributed by atoms with Crippen molar-refractivity contribution in [2.24, 2.45) is 11.8 Å². The zero-order valence-electron chi connectivity index (χ0n) is 8.66. The van der Waals surface area contributed by atoms with E-state index in [1.54, 1.807) is 0 Å². The first kappa shape index (κ1) is 12.5. The van der Waals surface area contributed by atoms with Crippen LogP contribution in [0.15, 0.2) is 0 Å². The van der Waals surface area contributed by atoms with Crippen molar-refractivity contribution in [1.82, 2.24) is 4.72 Å². The first-order valence-corrected chi connectivity index (χ1v) is 7.78. The smallest absolute Gasteiger partial charge is 0.212 e. The summed E-state index contributed by atoms with van der Waals surface area (Å²) in [5.41, 5.74) is 0. The molecule has 14 heavy (non-hydrogen) atoms. The highest BCUT2D eigenvalue weighted by atomic mass is 79.9. The molecule has 0 aliphatic heterocycles. The number of nitrogens with one attached hydrogen (secondary N) is 1. The van der Waals surface area contributed by atoms with Gasteiger partial charge in [0, 0.05) is 11.4 Å². The first-order chi connectivity index (χ1) is 6.44. The van der Waals surface area contributed by atoms with Gasteiger partial charge in [-0.15, -0.1) is 0 Å². The lowest BCUT2D eigenvalue weighted by atomic mass is 10.1. The third-order valence-electron chi connectivity index (χ3n) is 2.61. The summed E-state index contributed by atoms with van der Waals surface area (Å²) in [5, 5.41) is 0.820. The highest BCUT2D eigenvalue weighted by Crippen LogP contribution is 2.30. The van der Waals surface area contributed by atoms with Crippen molar-refractivity contribution in [2.45, 2.75) is 32.7 Å². The Balaban J connectivity index is 2.40. The van der Waals surface area contributed by atoms with E-state index in [1.807, 2.05) is 13.8 Å². The van der Waals surface area contributed by atoms with Gasteiger partial charge in [0.2, 0.25) is 10.0 Å². The van der Waals surface area contributed by atoms with Gasteiger partial charge in [-0.1, -0.05) is 22.9 Å². The minimum atomic E-state index is -3.04. The minimum Gasteiger partial charge on any atom is -0.212 e.